The monoisotopic (exact) mass is 779 g/mol. The van der Waals surface area contributed by atoms with Crippen LogP contribution in [0, 0.1) is 23.5 Å². The fourth-order valence-corrected chi connectivity index (χ4v) is 6.65. The number of nitrogens with two attached hydrogens (primary N) is 1. The lowest BCUT2D eigenvalue weighted by molar-refractivity contribution is -0.141. The highest BCUT2D eigenvalue weighted by Crippen LogP contribution is 2.44. The number of nitrogens with one attached hydrogen (secondary N) is 1. The Morgan fingerprint density at radius 3 is 2.34 bits per heavy atom. The van der Waals surface area contributed by atoms with Gasteiger partial charge in [0.05, 0.1) is 27.7 Å². The summed E-state index contributed by atoms with van der Waals surface area (Å²) in [6.45, 7) is 6.28. The Morgan fingerprint density at radius 2 is 1.74 bits per heavy atom. The molecule has 16 heteroatoms. The van der Waals surface area contributed by atoms with E-state index in [1.165, 1.54) is 32.0 Å². The average molecular weight is 780 g/mol. The van der Waals surface area contributed by atoms with Crippen LogP contribution < -0.4 is 11.1 Å². The van der Waals surface area contributed by atoms with E-state index in [1.54, 1.807) is 20.8 Å². The molecule has 0 spiro atoms. The van der Waals surface area contributed by atoms with Gasteiger partial charge in [-0.2, -0.15) is 18.3 Å². The number of alkyl carbamates (subject to hydrolysis) is 1. The van der Waals surface area contributed by atoms with Crippen LogP contribution in [0.3, 0.4) is 0 Å². The summed E-state index contributed by atoms with van der Waals surface area (Å²) < 4.78 is 101. The van der Waals surface area contributed by atoms with Crippen LogP contribution in [0.25, 0.3) is 22.0 Å². The number of aromatic nitrogens is 3. The number of nitrogen functional groups attached to an aromatic ring is 1. The van der Waals surface area contributed by atoms with Crippen molar-refractivity contribution in [3.63, 3.8) is 0 Å². The molecule has 0 saturated heterocycles. The number of alkyl halides is 3. The van der Waals surface area contributed by atoms with Crippen LogP contribution in [-0.2, 0) is 40.4 Å². The fourth-order valence-electron chi connectivity index (χ4n) is 6.17. The minimum atomic E-state index is -4.71. The molecule has 0 saturated carbocycles. The quantitative estimate of drug-likeness (QED) is 0.144. The zero-order chi connectivity index (χ0) is 39.3. The van der Waals surface area contributed by atoms with E-state index >= 15 is 4.39 Å². The molecule has 1 aliphatic rings. The summed E-state index contributed by atoms with van der Waals surface area (Å²) in [5.74, 6) is 3.76. The van der Waals surface area contributed by atoms with Gasteiger partial charge in [0.2, 0.25) is 0 Å². The highest BCUT2D eigenvalue weighted by molar-refractivity contribution is 7.92. The van der Waals surface area contributed by atoms with Gasteiger partial charge < -0.3 is 15.8 Å². The van der Waals surface area contributed by atoms with E-state index in [1.807, 2.05) is 0 Å². The van der Waals surface area contributed by atoms with Crippen LogP contribution in [0.1, 0.15) is 81.6 Å². The van der Waals surface area contributed by atoms with Crippen molar-refractivity contribution in [3.05, 3.63) is 75.1 Å². The number of carbonyl (C=O) groups is 1. The zero-order valence-electron chi connectivity index (χ0n) is 29.9. The van der Waals surface area contributed by atoms with Gasteiger partial charge in [-0.25, -0.2) is 27.0 Å². The summed E-state index contributed by atoms with van der Waals surface area (Å²) in [5.41, 5.74) is 7.12. The van der Waals surface area contributed by atoms with Gasteiger partial charge in [-0.05, 0) is 95.0 Å². The summed E-state index contributed by atoms with van der Waals surface area (Å²) in [6.07, 6.45) is -2.70. The Balaban J connectivity index is 1.92. The Labute approximate surface area is 309 Å². The molecule has 0 fully saturated rings. The van der Waals surface area contributed by atoms with Crippen molar-refractivity contribution in [3.8, 4) is 23.0 Å². The number of sulfone groups is 1. The molecule has 1 atom stereocenters. The Kier molecular flexibility index (Phi) is 10.8. The molecule has 4 aromatic rings. The van der Waals surface area contributed by atoms with Gasteiger partial charge in [0.1, 0.15) is 34.2 Å². The van der Waals surface area contributed by atoms with Gasteiger partial charge in [-0.1, -0.05) is 29.7 Å². The second-order valence-electron chi connectivity index (χ2n) is 14.5. The average Bonchev–Trinajstić information content (AvgIpc) is 3.34. The van der Waals surface area contributed by atoms with E-state index < -0.39 is 56.7 Å². The third-order valence-electron chi connectivity index (χ3n) is 8.88. The first-order chi connectivity index (χ1) is 24.5. The number of carbonyl (C=O) groups excluding carboxylic acids is 1. The highest BCUT2D eigenvalue weighted by atomic mass is 35.5. The Bertz CT molecular complexity index is 2270. The molecule has 1 amide bonds. The lowest BCUT2D eigenvalue weighted by atomic mass is 9.82. The standard InChI is InChI=1S/C37H39ClF5N5O4S/c1-35(2,3)52-34(49)46-28(17-20-11-12-21(39)18-26(20)40)31-29(24-13-14-25(38)30-32(24)48(47-33(30)44)19-37(41,42)43)23-10-8-7-9-22(23)27(45-31)15-16-36(4,5)53(6,50)51/h11-14,18,28H,7-10,17,19H2,1-6H3,(H2,44,47)(H,46,49)/t28-/m0/s1. The van der Waals surface area contributed by atoms with Crippen molar-refractivity contribution >= 4 is 44.3 Å². The number of hydrogen-bond acceptors (Lipinski definition) is 7. The van der Waals surface area contributed by atoms with Gasteiger partial charge in [-0.3, -0.25) is 4.68 Å². The number of pyridine rings is 1. The Hall–Kier alpha value is -4.42. The molecular weight excluding hydrogens is 741 g/mol. The fraction of sp³-hybridized carbons (Fsp3) is 0.432. The van der Waals surface area contributed by atoms with Crippen LogP contribution in [0.2, 0.25) is 5.02 Å². The van der Waals surface area contributed by atoms with E-state index in [0.29, 0.717) is 53.1 Å². The van der Waals surface area contributed by atoms with Gasteiger partial charge in [-0.15, -0.1) is 0 Å². The summed E-state index contributed by atoms with van der Waals surface area (Å²) >= 11 is 6.52. The number of fused-ring (bicyclic) bond motifs is 2. The highest BCUT2D eigenvalue weighted by Gasteiger charge is 2.35. The lowest BCUT2D eigenvalue weighted by Gasteiger charge is -2.29. The molecule has 2 aromatic carbocycles. The van der Waals surface area contributed by atoms with Crippen LogP contribution >= 0.6 is 11.6 Å². The van der Waals surface area contributed by atoms with Gasteiger partial charge in [0.15, 0.2) is 15.7 Å². The number of amides is 1. The molecule has 2 aromatic heterocycles. The molecule has 284 valence electrons. The topological polar surface area (TPSA) is 129 Å². The first-order valence-corrected chi connectivity index (χ1v) is 19.0. The number of hydrogen-bond donors (Lipinski definition) is 2. The Morgan fingerprint density at radius 1 is 1.08 bits per heavy atom. The normalized spacial score (nSPS) is 14.3. The van der Waals surface area contributed by atoms with Crippen molar-refractivity contribution in [2.75, 3.05) is 12.0 Å². The first-order valence-electron chi connectivity index (χ1n) is 16.7. The number of rotatable bonds is 7. The number of halogens is 6. The molecule has 5 rings (SSSR count). The van der Waals surface area contributed by atoms with Gasteiger partial charge in [0, 0.05) is 29.9 Å². The van der Waals surface area contributed by atoms with Gasteiger partial charge >= 0.3 is 12.3 Å². The smallest absolute Gasteiger partial charge is 0.408 e. The molecular formula is C37H39ClF5N5O4S. The lowest BCUT2D eigenvalue weighted by Crippen LogP contribution is -2.37. The summed E-state index contributed by atoms with van der Waals surface area (Å²) in [5, 5.41) is 6.86. The largest absolute Gasteiger partial charge is 0.444 e. The predicted molar refractivity (Wildman–Crippen MR) is 193 cm³/mol. The van der Waals surface area contributed by atoms with Crippen LogP contribution in [0.5, 0.6) is 0 Å². The first kappa shape index (κ1) is 39.8. The van der Waals surface area contributed by atoms with E-state index in [0.717, 1.165) is 12.3 Å². The summed E-state index contributed by atoms with van der Waals surface area (Å²) in [4.78, 5) is 18.4. The third-order valence-corrected chi connectivity index (χ3v) is 11.2. The number of anilines is 1. The van der Waals surface area contributed by atoms with E-state index in [4.69, 9.17) is 27.1 Å². The summed E-state index contributed by atoms with van der Waals surface area (Å²) in [7, 11) is -3.67. The van der Waals surface area contributed by atoms with Crippen molar-refractivity contribution < 1.29 is 39.9 Å². The zero-order valence-corrected chi connectivity index (χ0v) is 31.5. The van der Waals surface area contributed by atoms with Crippen LogP contribution in [0.15, 0.2) is 30.3 Å². The molecule has 0 aliphatic heterocycles. The molecule has 3 N–H and O–H groups in total. The summed E-state index contributed by atoms with van der Waals surface area (Å²) in [6, 6.07) is 4.67. The van der Waals surface area contributed by atoms with Crippen LogP contribution in [-0.4, -0.2) is 52.1 Å². The van der Waals surface area contributed by atoms with E-state index in [-0.39, 0.29) is 50.7 Å². The van der Waals surface area contributed by atoms with Crippen molar-refractivity contribution in [2.24, 2.45) is 0 Å². The number of nitrogens with zero attached hydrogens (tertiary/aromatic N) is 3. The second kappa shape index (κ2) is 14.4. The molecule has 2 heterocycles. The van der Waals surface area contributed by atoms with Crippen LogP contribution in [0.4, 0.5) is 32.6 Å². The van der Waals surface area contributed by atoms with E-state index in [2.05, 4.69) is 22.3 Å². The molecule has 0 unspecified atom stereocenters. The minimum absolute atomic E-state index is 0.0172. The van der Waals surface area contributed by atoms with Crippen molar-refractivity contribution in [2.45, 2.75) is 95.8 Å². The maximum absolute atomic E-state index is 15.3. The molecule has 0 bridgehead atoms. The van der Waals surface area contributed by atoms with Crippen molar-refractivity contribution in [1.82, 2.24) is 20.1 Å². The number of benzene rings is 2. The molecule has 53 heavy (non-hydrogen) atoms. The molecule has 9 nitrogen and oxygen atoms in total. The maximum Gasteiger partial charge on any atom is 0.408 e. The second-order valence-corrected chi connectivity index (χ2v) is 17.5. The molecule has 0 radical (unpaired) electrons. The minimum Gasteiger partial charge on any atom is -0.444 e. The SMILES string of the molecule is CC(C)(C)OC(=O)N[C@@H](Cc1ccc(F)cc1F)c1nc(C#CC(C)(C)S(C)(=O)=O)c2c(c1-c1ccc(Cl)c3c(N)nn(CC(F)(F)F)c13)CCCC2. The van der Waals surface area contributed by atoms with E-state index in [9.17, 15) is 30.8 Å². The van der Waals surface area contributed by atoms with Gasteiger partial charge in [0.25, 0.3) is 0 Å². The predicted octanol–water partition coefficient (Wildman–Crippen LogP) is 8.04. The van der Waals surface area contributed by atoms with Crippen molar-refractivity contribution in [1.29, 1.82) is 0 Å². The maximum atomic E-state index is 15.3. The molecule has 1 aliphatic carbocycles. The number of ether oxygens (including phenoxy) is 1. The third kappa shape index (κ3) is 8.87.